The quantitative estimate of drug-likeness (QED) is 0.393. The number of hydrogen-bond donors (Lipinski definition) is 1. The van der Waals surface area contributed by atoms with Crippen LogP contribution in [0.5, 0.6) is 6.01 Å². The summed E-state index contributed by atoms with van der Waals surface area (Å²) in [5.74, 6) is 3.30. The fourth-order valence-electron chi connectivity index (χ4n) is 3.51. The van der Waals surface area contributed by atoms with Crippen molar-refractivity contribution in [2.45, 2.75) is 13.0 Å². The van der Waals surface area contributed by atoms with Gasteiger partial charge in [0.15, 0.2) is 5.82 Å². The predicted octanol–water partition coefficient (Wildman–Crippen LogP) is 4.77. The van der Waals surface area contributed by atoms with E-state index in [-0.39, 0.29) is 0 Å². The Morgan fingerprint density at radius 3 is 2.94 bits per heavy atom. The molecule has 1 N–H and O–H groups in total. The average molecular weight is 446 g/mol. The maximum Gasteiger partial charge on any atom is 0.320 e. The van der Waals surface area contributed by atoms with Crippen LogP contribution in [0.15, 0.2) is 71.2 Å². The van der Waals surface area contributed by atoms with Gasteiger partial charge in [0.25, 0.3) is 0 Å². The Balaban J connectivity index is 1.31. The molecule has 0 saturated carbocycles. The highest BCUT2D eigenvalue weighted by atomic mass is 32.2. The first-order valence-electron chi connectivity index (χ1n) is 10.5. The lowest BCUT2D eigenvalue weighted by Gasteiger charge is -2.16. The van der Waals surface area contributed by atoms with E-state index >= 15 is 0 Å². The van der Waals surface area contributed by atoms with Crippen molar-refractivity contribution in [3.05, 3.63) is 72.2 Å². The van der Waals surface area contributed by atoms with Crippen LogP contribution < -0.4 is 9.64 Å². The van der Waals surface area contributed by atoms with Gasteiger partial charge in [-0.3, -0.25) is 4.98 Å². The number of ether oxygens (including phenoxy) is 1. The SMILES string of the molecule is c1ccc(CCOc2nc(N=NCc3c[nH]c4ccccc34)cc(N3CCSC3)n2)nc1. The van der Waals surface area contributed by atoms with E-state index in [0.29, 0.717) is 31.4 Å². The van der Waals surface area contributed by atoms with Gasteiger partial charge in [-0.15, -0.1) is 16.9 Å². The van der Waals surface area contributed by atoms with Gasteiger partial charge in [-0.25, -0.2) is 0 Å². The van der Waals surface area contributed by atoms with Gasteiger partial charge in [-0.2, -0.15) is 15.1 Å². The number of H-pyrrole nitrogens is 1. The molecule has 9 heteroatoms. The molecule has 0 radical (unpaired) electrons. The second-order valence-corrected chi connectivity index (χ2v) is 8.42. The molecule has 1 fully saturated rings. The summed E-state index contributed by atoms with van der Waals surface area (Å²) in [7, 11) is 0. The van der Waals surface area contributed by atoms with Crippen molar-refractivity contribution < 1.29 is 4.74 Å². The minimum atomic E-state index is 0.316. The second-order valence-electron chi connectivity index (χ2n) is 7.35. The number of aromatic amines is 1. The highest BCUT2D eigenvalue weighted by Gasteiger charge is 2.17. The van der Waals surface area contributed by atoms with E-state index in [1.165, 1.54) is 0 Å². The summed E-state index contributed by atoms with van der Waals surface area (Å²) in [4.78, 5) is 18.9. The lowest BCUT2D eigenvalue weighted by molar-refractivity contribution is 0.295. The highest BCUT2D eigenvalue weighted by molar-refractivity contribution is 7.99. The molecule has 8 nitrogen and oxygen atoms in total. The first-order chi connectivity index (χ1) is 15.8. The molecule has 0 unspecified atom stereocenters. The fourth-order valence-corrected chi connectivity index (χ4v) is 4.47. The predicted molar refractivity (Wildman–Crippen MR) is 127 cm³/mol. The van der Waals surface area contributed by atoms with Gasteiger partial charge in [0.2, 0.25) is 0 Å². The molecule has 1 aliphatic rings. The molecular formula is C23H23N7OS. The van der Waals surface area contributed by atoms with E-state index < -0.39 is 0 Å². The number of thioether (sulfide) groups is 1. The van der Waals surface area contributed by atoms with Crippen LogP contribution in [0.1, 0.15) is 11.3 Å². The van der Waals surface area contributed by atoms with Crippen LogP contribution in [0, 0.1) is 0 Å². The fraction of sp³-hybridized carbons (Fsp3) is 0.261. The number of nitrogens with one attached hydrogen (secondary N) is 1. The van der Waals surface area contributed by atoms with Crippen molar-refractivity contribution in [1.82, 2.24) is 19.9 Å². The molecule has 3 aromatic heterocycles. The normalized spacial score (nSPS) is 13.9. The maximum atomic E-state index is 5.86. The number of pyridine rings is 1. The van der Waals surface area contributed by atoms with E-state index in [1.54, 1.807) is 6.20 Å². The van der Waals surface area contributed by atoms with Gasteiger partial charge in [-0.05, 0) is 18.2 Å². The number of anilines is 1. The molecule has 1 aromatic carbocycles. The zero-order valence-corrected chi connectivity index (χ0v) is 18.3. The standard InChI is InChI=1S/C23H23N7OS/c1-2-7-20-19(6-1)17(14-25-20)15-26-29-21-13-22(30-10-12-32-16-30)28-23(27-21)31-11-8-18-5-3-4-9-24-18/h1-7,9,13-14,25H,8,10-12,15-16H2. The summed E-state index contributed by atoms with van der Waals surface area (Å²) >= 11 is 1.88. The Hall–Kier alpha value is -3.46. The summed E-state index contributed by atoms with van der Waals surface area (Å²) in [5, 5.41) is 9.93. The zero-order valence-electron chi connectivity index (χ0n) is 17.5. The molecule has 0 atom stereocenters. The first kappa shape index (κ1) is 20.4. The molecule has 0 spiro atoms. The van der Waals surface area contributed by atoms with Gasteiger partial charge in [0.05, 0.1) is 19.0 Å². The summed E-state index contributed by atoms with van der Waals surface area (Å²) < 4.78 is 5.86. The minimum absolute atomic E-state index is 0.316. The molecule has 32 heavy (non-hydrogen) atoms. The van der Waals surface area contributed by atoms with E-state index in [1.807, 2.05) is 54.4 Å². The first-order valence-corrected chi connectivity index (χ1v) is 11.7. The average Bonchev–Trinajstić information content (AvgIpc) is 3.51. The smallest absolute Gasteiger partial charge is 0.320 e. The van der Waals surface area contributed by atoms with E-state index in [0.717, 1.165) is 46.2 Å². The second kappa shape index (κ2) is 9.78. The van der Waals surface area contributed by atoms with E-state index in [9.17, 15) is 0 Å². The summed E-state index contributed by atoms with van der Waals surface area (Å²) in [6.45, 7) is 1.86. The van der Waals surface area contributed by atoms with Crippen LogP contribution in [-0.4, -0.2) is 44.7 Å². The molecule has 4 aromatic rings. The topological polar surface area (TPSA) is 91.7 Å². The van der Waals surface area contributed by atoms with Crippen LogP contribution in [0.3, 0.4) is 0 Å². The van der Waals surface area contributed by atoms with Crippen molar-refractivity contribution in [2.75, 3.05) is 29.7 Å². The molecule has 0 bridgehead atoms. The van der Waals surface area contributed by atoms with Crippen molar-refractivity contribution >= 4 is 34.3 Å². The molecular weight excluding hydrogens is 422 g/mol. The number of nitrogens with zero attached hydrogens (tertiary/aromatic N) is 6. The van der Waals surface area contributed by atoms with Crippen LogP contribution in [0.25, 0.3) is 10.9 Å². The number of azo groups is 1. The van der Waals surface area contributed by atoms with Gasteiger partial charge >= 0.3 is 6.01 Å². The third kappa shape index (κ3) is 4.88. The number of hydrogen-bond acceptors (Lipinski definition) is 8. The van der Waals surface area contributed by atoms with Crippen LogP contribution in [0.4, 0.5) is 11.6 Å². The van der Waals surface area contributed by atoms with Crippen LogP contribution in [0.2, 0.25) is 0 Å². The monoisotopic (exact) mass is 445 g/mol. The third-order valence-electron chi connectivity index (χ3n) is 5.16. The van der Waals surface area contributed by atoms with Crippen molar-refractivity contribution in [3.63, 3.8) is 0 Å². The maximum absolute atomic E-state index is 5.86. The number of rotatable bonds is 8. The van der Waals surface area contributed by atoms with Crippen LogP contribution >= 0.6 is 11.8 Å². The Labute approximate surface area is 190 Å². The molecule has 0 amide bonds. The van der Waals surface area contributed by atoms with Crippen molar-refractivity contribution in [2.24, 2.45) is 10.2 Å². The van der Waals surface area contributed by atoms with Gasteiger partial charge in [-0.1, -0.05) is 24.3 Å². The van der Waals surface area contributed by atoms with Gasteiger partial charge < -0.3 is 14.6 Å². The lowest BCUT2D eigenvalue weighted by Crippen LogP contribution is -2.19. The van der Waals surface area contributed by atoms with Crippen LogP contribution in [-0.2, 0) is 13.0 Å². The van der Waals surface area contributed by atoms with Crippen molar-refractivity contribution in [3.8, 4) is 6.01 Å². The number of fused-ring (bicyclic) bond motifs is 1. The lowest BCUT2D eigenvalue weighted by atomic mass is 10.2. The van der Waals surface area contributed by atoms with Crippen molar-refractivity contribution in [1.29, 1.82) is 0 Å². The molecule has 0 aliphatic carbocycles. The molecule has 1 saturated heterocycles. The van der Waals surface area contributed by atoms with E-state index in [4.69, 9.17) is 4.74 Å². The number of aromatic nitrogens is 4. The molecule has 4 heterocycles. The zero-order chi connectivity index (χ0) is 21.6. The Kier molecular flexibility index (Phi) is 6.25. The Bertz CT molecular complexity index is 1210. The van der Waals surface area contributed by atoms with E-state index in [2.05, 4.69) is 47.2 Å². The third-order valence-corrected chi connectivity index (χ3v) is 6.13. The molecule has 5 rings (SSSR count). The number of benzene rings is 1. The Morgan fingerprint density at radius 2 is 2.06 bits per heavy atom. The number of para-hydroxylation sites is 1. The largest absolute Gasteiger partial charge is 0.463 e. The highest BCUT2D eigenvalue weighted by Crippen LogP contribution is 2.27. The molecule has 1 aliphatic heterocycles. The van der Waals surface area contributed by atoms with Gasteiger partial charge in [0, 0.05) is 59.3 Å². The van der Waals surface area contributed by atoms with Gasteiger partial charge in [0.1, 0.15) is 5.82 Å². The summed E-state index contributed by atoms with van der Waals surface area (Å²) in [6, 6.07) is 16.2. The molecule has 162 valence electrons. The Morgan fingerprint density at radius 1 is 1.12 bits per heavy atom. The summed E-state index contributed by atoms with van der Waals surface area (Å²) in [6.07, 6.45) is 4.44. The minimum Gasteiger partial charge on any atom is -0.463 e. The summed E-state index contributed by atoms with van der Waals surface area (Å²) in [5.41, 5.74) is 3.16.